The number of hydrogen-bond donors (Lipinski definition) is 1. The summed E-state index contributed by atoms with van der Waals surface area (Å²) >= 11 is 0. The number of anilines is 1. The van der Waals surface area contributed by atoms with Gasteiger partial charge in [0.15, 0.2) is 9.84 Å². The molecule has 104 valence electrons. The number of rotatable bonds is 6. The second-order valence-corrected chi connectivity index (χ2v) is 7.34. The highest BCUT2D eigenvalue weighted by Gasteiger charge is 2.15. The topological polar surface area (TPSA) is 70.0 Å². The van der Waals surface area contributed by atoms with Gasteiger partial charge in [-0.25, -0.2) is 8.42 Å². The molecule has 5 heteroatoms. The Hall–Kier alpha value is -1.54. The highest BCUT2D eigenvalue weighted by molar-refractivity contribution is 7.90. The monoisotopic (exact) mass is 280 g/mol. The van der Waals surface area contributed by atoms with Crippen molar-refractivity contribution in [3.63, 3.8) is 0 Å². The van der Waals surface area contributed by atoms with E-state index in [2.05, 4.69) is 11.4 Å². The van der Waals surface area contributed by atoms with Crippen molar-refractivity contribution in [3.05, 3.63) is 24.3 Å². The molecule has 4 nitrogen and oxygen atoms in total. The van der Waals surface area contributed by atoms with Crippen molar-refractivity contribution in [2.75, 3.05) is 18.1 Å². The summed E-state index contributed by atoms with van der Waals surface area (Å²) in [5, 5.41) is 12.1. The fourth-order valence-electron chi connectivity index (χ4n) is 1.66. The van der Waals surface area contributed by atoms with E-state index in [1.807, 2.05) is 19.9 Å². The molecule has 0 saturated carbocycles. The zero-order valence-corrected chi connectivity index (χ0v) is 12.4. The molecule has 0 aliphatic heterocycles. The Balaban J connectivity index is 2.54. The number of benzene rings is 1. The molecule has 1 aromatic carbocycles. The Morgan fingerprint density at radius 3 is 2.63 bits per heavy atom. The Kier molecular flexibility index (Phi) is 4.96. The van der Waals surface area contributed by atoms with Gasteiger partial charge in [0.25, 0.3) is 0 Å². The van der Waals surface area contributed by atoms with Gasteiger partial charge in [-0.05, 0) is 44.9 Å². The molecule has 0 saturated heterocycles. The Bertz CT molecular complexity index is 571. The predicted molar refractivity (Wildman–Crippen MR) is 76.7 cm³/mol. The van der Waals surface area contributed by atoms with Gasteiger partial charge in [-0.15, -0.1) is 0 Å². The molecule has 0 bridgehead atoms. The zero-order valence-electron chi connectivity index (χ0n) is 11.6. The van der Waals surface area contributed by atoms with Crippen LogP contribution in [0, 0.1) is 16.7 Å². The molecule has 0 aliphatic rings. The quantitative estimate of drug-likeness (QED) is 0.813. The van der Waals surface area contributed by atoms with E-state index in [9.17, 15) is 8.42 Å². The van der Waals surface area contributed by atoms with E-state index >= 15 is 0 Å². The third-order valence-electron chi connectivity index (χ3n) is 2.87. The van der Waals surface area contributed by atoms with Crippen LogP contribution in [0.15, 0.2) is 29.2 Å². The molecule has 0 unspecified atom stereocenters. The standard InChI is InChI=1S/C14H20N2O2S/c1-14(2,11-15)8-5-9-16-12-6-4-7-13(10-12)19(3,17)18/h4,6-7,10,16H,5,8-9H2,1-3H3. The normalized spacial score (nSPS) is 11.9. The summed E-state index contributed by atoms with van der Waals surface area (Å²) < 4.78 is 22.8. The van der Waals surface area contributed by atoms with Crippen molar-refractivity contribution in [1.82, 2.24) is 0 Å². The molecule has 1 aromatic rings. The van der Waals surface area contributed by atoms with Gasteiger partial charge in [0.1, 0.15) is 0 Å². The minimum Gasteiger partial charge on any atom is -0.385 e. The lowest BCUT2D eigenvalue weighted by Crippen LogP contribution is -2.11. The summed E-state index contributed by atoms with van der Waals surface area (Å²) in [6, 6.07) is 9.03. The first kappa shape index (κ1) is 15.5. The fraction of sp³-hybridized carbons (Fsp3) is 0.500. The number of sulfone groups is 1. The summed E-state index contributed by atoms with van der Waals surface area (Å²) in [5.74, 6) is 0. The Morgan fingerprint density at radius 2 is 2.05 bits per heavy atom. The van der Waals surface area contributed by atoms with E-state index in [1.165, 1.54) is 6.26 Å². The van der Waals surface area contributed by atoms with Gasteiger partial charge in [0, 0.05) is 18.5 Å². The Morgan fingerprint density at radius 1 is 1.37 bits per heavy atom. The minimum atomic E-state index is -3.17. The van der Waals surface area contributed by atoms with Gasteiger partial charge >= 0.3 is 0 Å². The lowest BCUT2D eigenvalue weighted by Gasteiger charge is -2.15. The van der Waals surface area contributed by atoms with Crippen LogP contribution in [0.1, 0.15) is 26.7 Å². The number of nitriles is 1. The van der Waals surface area contributed by atoms with Crippen LogP contribution in [0.3, 0.4) is 0 Å². The summed E-state index contributed by atoms with van der Waals surface area (Å²) in [6.45, 7) is 4.55. The molecule has 0 heterocycles. The maximum Gasteiger partial charge on any atom is 0.175 e. The van der Waals surface area contributed by atoms with E-state index in [0.717, 1.165) is 25.1 Å². The average Bonchev–Trinajstić information content (AvgIpc) is 2.34. The molecule has 1 N–H and O–H groups in total. The van der Waals surface area contributed by atoms with Crippen LogP contribution in [0.2, 0.25) is 0 Å². The maximum absolute atomic E-state index is 11.4. The minimum absolute atomic E-state index is 0.309. The van der Waals surface area contributed by atoms with Crippen molar-refractivity contribution in [2.24, 2.45) is 5.41 Å². The second kappa shape index (κ2) is 6.07. The van der Waals surface area contributed by atoms with Crippen molar-refractivity contribution in [2.45, 2.75) is 31.6 Å². The maximum atomic E-state index is 11.4. The average molecular weight is 280 g/mol. The van der Waals surface area contributed by atoms with Gasteiger partial charge < -0.3 is 5.32 Å². The van der Waals surface area contributed by atoms with Crippen LogP contribution in [-0.2, 0) is 9.84 Å². The van der Waals surface area contributed by atoms with Gasteiger partial charge in [0.2, 0.25) is 0 Å². The molecule has 19 heavy (non-hydrogen) atoms. The number of nitrogens with zero attached hydrogens (tertiary/aromatic N) is 1. The molecule has 0 aliphatic carbocycles. The lowest BCUT2D eigenvalue weighted by molar-refractivity contribution is 0.441. The first-order valence-corrected chi connectivity index (χ1v) is 8.09. The van der Waals surface area contributed by atoms with Crippen molar-refractivity contribution in [1.29, 1.82) is 5.26 Å². The van der Waals surface area contributed by atoms with Crippen molar-refractivity contribution >= 4 is 15.5 Å². The first-order chi connectivity index (χ1) is 8.74. The molecule has 0 aromatic heterocycles. The van der Waals surface area contributed by atoms with Crippen molar-refractivity contribution < 1.29 is 8.42 Å². The molecular weight excluding hydrogens is 260 g/mol. The summed E-state index contributed by atoms with van der Waals surface area (Å²) in [6.07, 6.45) is 2.87. The second-order valence-electron chi connectivity index (χ2n) is 5.33. The molecular formula is C14H20N2O2S. The predicted octanol–water partition coefficient (Wildman–Crippen LogP) is 2.83. The van der Waals surface area contributed by atoms with Gasteiger partial charge in [0.05, 0.1) is 16.4 Å². The summed E-state index contributed by atoms with van der Waals surface area (Å²) in [7, 11) is -3.17. The third kappa shape index (κ3) is 5.31. The Labute approximate surface area is 115 Å². The number of nitrogens with one attached hydrogen (secondary N) is 1. The smallest absolute Gasteiger partial charge is 0.175 e. The fourth-order valence-corrected chi connectivity index (χ4v) is 2.32. The van der Waals surface area contributed by atoms with Crippen LogP contribution in [-0.4, -0.2) is 21.2 Å². The van der Waals surface area contributed by atoms with Gasteiger partial charge in [-0.2, -0.15) is 5.26 Å². The zero-order chi connectivity index (χ0) is 14.5. The molecule has 1 rings (SSSR count). The third-order valence-corrected chi connectivity index (χ3v) is 3.98. The largest absolute Gasteiger partial charge is 0.385 e. The van der Waals surface area contributed by atoms with E-state index in [4.69, 9.17) is 5.26 Å². The van der Waals surface area contributed by atoms with Crippen LogP contribution < -0.4 is 5.32 Å². The highest BCUT2D eigenvalue weighted by Crippen LogP contribution is 2.21. The molecule has 0 spiro atoms. The lowest BCUT2D eigenvalue weighted by atomic mass is 9.90. The van der Waals surface area contributed by atoms with E-state index in [1.54, 1.807) is 18.2 Å². The molecule has 0 atom stereocenters. The summed E-state index contributed by atoms with van der Waals surface area (Å²) in [4.78, 5) is 0.315. The van der Waals surface area contributed by atoms with Gasteiger partial charge in [-0.1, -0.05) is 6.07 Å². The van der Waals surface area contributed by atoms with Crippen LogP contribution >= 0.6 is 0 Å². The van der Waals surface area contributed by atoms with E-state index < -0.39 is 9.84 Å². The first-order valence-electron chi connectivity index (χ1n) is 6.20. The van der Waals surface area contributed by atoms with Crippen LogP contribution in [0.25, 0.3) is 0 Å². The molecule has 0 fully saturated rings. The van der Waals surface area contributed by atoms with Gasteiger partial charge in [-0.3, -0.25) is 0 Å². The highest BCUT2D eigenvalue weighted by atomic mass is 32.2. The van der Waals surface area contributed by atoms with Crippen LogP contribution in [0.5, 0.6) is 0 Å². The number of hydrogen-bond acceptors (Lipinski definition) is 4. The SMILES string of the molecule is CC(C)(C#N)CCCNc1cccc(S(C)(=O)=O)c1. The summed E-state index contributed by atoms with van der Waals surface area (Å²) in [5.41, 5.74) is 0.480. The van der Waals surface area contributed by atoms with Crippen LogP contribution in [0.4, 0.5) is 5.69 Å². The van der Waals surface area contributed by atoms with E-state index in [0.29, 0.717) is 4.90 Å². The van der Waals surface area contributed by atoms with E-state index in [-0.39, 0.29) is 5.41 Å². The van der Waals surface area contributed by atoms with Crippen molar-refractivity contribution in [3.8, 4) is 6.07 Å². The molecule has 0 radical (unpaired) electrons. The molecule has 0 amide bonds.